The molecule has 0 spiro atoms. The highest BCUT2D eigenvalue weighted by Gasteiger charge is 2.28. The Morgan fingerprint density at radius 1 is 0.889 bits per heavy atom. The zero-order chi connectivity index (χ0) is 30.9. The van der Waals surface area contributed by atoms with E-state index in [0.29, 0.717) is 28.1 Å². The van der Waals surface area contributed by atoms with Gasteiger partial charge in [0.1, 0.15) is 11.5 Å². The first-order chi connectivity index (χ1) is 22.0. The molecule has 1 atom stereocenters. The summed E-state index contributed by atoms with van der Waals surface area (Å²) in [5, 5.41) is 9.65. The highest BCUT2D eigenvalue weighted by molar-refractivity contribution is 6.31. The fourth-order valence-electron chi connectivity index (χ4n) is 5.70. The van der Waals surface area contributed by atoms with E-state index in [1.165, 1.54) is 0 Å². The van der Waals surface area contributed by atoms with Gasteiger partial charge in [-0.3, -0.25) is 4.79 Å². The molecule has 7 aromatic rings. The molecule has 4 aromatic carbocycles. The lowest BCUT2D eigenvalue weighted by atomic mass is 9.99. The Bertz CT molecular complexity index is 2110. The molecule has 0 aliphatic rings. The van der Waals surface area contributed by atoms with Gasteiger partial charge in [-0.05, 0) is 42.3 Å². The van der Waals surface area contributed by atoms with Crippen LogP contribution in [0.1, 0.15) is 34.6 Å². The number of nitrogens with one attached hydrogen (secondary N) is 2. The van der Waals surface area contributed by atoms with E-state index in [1.807, 2.05) is 109 Å². The number of amides is 1. The summed E-state index contributed by atoms with van der Waals surface area (Å²) in [6, 6.07) is 35.1. The molecule has 0 radical (unpaired) electrons. The molecular weight excluding hydrogens is 603 g/mol. The SMILES string of the molecule is CC(c1ccc(Cl)cc1)n1cnc(-c2ccccc2)c1-c1c(C(=O)Nc2ccnn2Cc2ccccc2)[nH]c2cc(Cl)ccc12. The highest BCUT2D eigenvalue weighted by atomic mass is 35.5. The number of carbonyl (C=O) groups excluding carboxylic acids is 1. The third kappa shape index (κ3) is 5.64. The Kier molecular flexibility index (Phi) is 7.71. The van der Waals surface area contributed by atoms with Crippen molar-refractivity contribution in [2.24, 2.45) is 0 Å². The number of rotatable bonds is 8. The maximum absolute atomic E-state index is 14.3. The molecule has 0 aliphatic heterocycles. The van der Waals surface area contributed by atoms with Gasteiger partial charge in [0.05, 0.1) is 36.5 Å². The van der Waals surface area contributed by atoms with E-state index in [4.69, 9.17) is 28.2 Å². The molecule has 7 nitrogen and oxygen atoms in total. The smallest absolute Gasteiger partial charge is 0.273 e. The number of anilines is 1. The van der Waals surface area contributed by atoms with Crippen molar-refractivity contribution in [3.05, 3.63) is 149 Å². The van der Waals surface area contributed by atoms with Crippen LogP contribution in [0.5, 0.6) is 0 Å². The number of benzene rings is 4. The molecular formula is C36H28Cl2N6O. The molecule has 0 aliphatic carbocycles. The molecule has 0 bridgehead atoms. The fraction of sp³-hybridized carbons (Fsp3) is 0.0833. The molecule has 0 fully saturated rings. The Morgan fingerprint density at radius 3 is 2.36 bits per heavy atom. The van der Waals surface area contributed by atoms with Crippen molar-refractivity contribution >= 4 is 45.8 Å². The van der Waals surface area contributed by atoms with E-state index in [9.17, 15) is 4.79 Å². The number of aromatic nitrogens is 5. The predicted octanol–water partition coefficient (Wildman–Crippen LogP) is 9.11. The van der Waals surface area contributed by atoms with Crippen LogP contribution in [0.4, 0.5) is 5.82 Å². The molecule has 0 saturated heterocycles. The van der Waals surface area contributed by atoms with Crippen molar-refractivity contribution < 1.29 is 4.79 Å². The second-order valence-electron chi connectivity index (χ2n) is 10.8. The van der Waals surface area contributed by atoms with Crippen molar-refractivity contribution in [1.82, 2.24) is 24.3 Å². The van der Waals surface area contributed by atoms with Crippen LogP contribution in [0.2, 0.25) is 10.0 Å². The second kappa shape index (κ2) is 12.1. The number of nitrogens with zero attached hydrogens (tertiary/aromatic N) is 4. The van der Waals surface area contributed by atoms with E-state index < -0.39 is 0 Å². The van der Waals surface area contributed by atoms with E-state index in [1.54, 1.807) is 16.9 Å². The van der Waals surface area contributed by atoms with E-state index >= 15 is 0 Å². The first-order valence-electron chi connectivity index (χ1n) is 14.5. The van der Waals surface area contributed by atoms with Crippen LogP contribution in [0.25, 0.3) is 33.4 Å². The van der Waals surface area contributed by atoms with Gasteiger partial charge in [-0.25, -0.2) is 9.67 Å². The minimum Gasteiger partial charge on any atom is -0.350 e. The standard InChI is InChI=1S/C36H28Cl2N6O/c1-23(25-12-14-27(37)15-13-25)43-22-39-33(26-10-6-3-7-11-26)35(43)32-29-17-16-28(38)20-30(29)41-34(32)36(45)42-31-18-19-40-44(31)21-24-8-4-2-5-9-24/h2-20,22-23,41H,21H2,1H3,(H,42,45). The molecule has 1 amide bonds. The Balaban J connectivity index is 1.38. The zero-order valence-corrected chi connectivity index (χ0v) is 25.8. The van der Waals surface area contributed by atoms with Gasteiger partial charge in [0.25, 0.3) is 5.91 Å². The predicted molar refractivity (Wildman–Crippen MR) is 181 cm³/mol. The van der Waals surface area contributed by atoms with Crippen LogP contribution in [0.3, 0.4) is 0 Å². The van der Waals surface area contributed by atoms with Crippen LogP contribution in [-0.4, -0.2) is 30.2 Å². The van der Waals surface area contributed by atoms with Crippen molar-refractivity contribution in [2.45, 2.75) is 19.5 Å². The number of imidazole rings is 1. The number of fused-ring (bicyclic) bond motifs is 1. The van der Waals surface area contributed by atoms with Crippen molar-refractivity contribution in [3.8, 4) is 22.5 Å². The van der Waals surface area contributed by atoms with Crippen molar-refractivity contribution in [1.29, 1.82) is 0 Å². The molecule has 45 heavy (non-hydrogen) atoms. The van der Waals surface area contributed by atoms with Gasteiger partial charge in [-0.15, -0.1) is 0 Å². The summed E-state index contributed by atoms with van der Waals surface area (Å²) in [4.78, 5) is 22.6. The maximum atomic E-state index is 14.3. The third-order valence-corrected chi connectivity index (χ3v) is 8.46. The summed E-state index contributed by atoms with van der Waals surface area (Å²) < 4.78 is 3.88. The highest BCUT2D eigenvalue weighted by Crippen LogP contribution is 2.41. The number of aromatic amines is 1. The summed E-state index contributed by atoms with van der Waals surface area (Å²) in [7, 11) is 0. The summed E-state index contributed by atoms with van der Waals surface area (Å²) in [5.41, 5.74) is 6.49. The normalized spacial score (nSPS) is 12.0. The van der Waals surface area contributed by atoms with Crippen LogP contribution in [0.15, 0.2) is 122 Å². The van der Waals surface area contributed by atoms with E-state index in [0.717, 1.165) is 44.5 Å². The average molecular weight is 632 g/mol. The van der Waals surface area contributed by atoms with Crippen LogP contribution < -0.4 is 5.32 Å². The number of H-pyrrole nitrogens is 1. The molecule has 7 rings (SSSR count). The van der Waals surface area contributed by atoms with Gasteiger partial charge in [0.2, 0.25) is 0 Å². The lowest BCUT2D eigenvalue weighted by Crippen LogP contribution is -2.18. The van der Waals surface area contributed by atoms with Crippen molar-refractivity contribution in [3.63, 3.8) is 0 Å². The first-order valence-corrected chi connectivity index (χ1v) is 15.3. The largest absolute Gasteiger partial charge is 0.350 e. The molecule has 3 aromatic heterocycles. The summed E-state index contributed by atoms with van der Waals surface area (Å²) >= 11 is 12.7. The summed E-state index contributed by atoms with van der Waals surface area (Å²) in [6.07, 6.45) is 3.52. The minimum atomic E-state index is -0.307. The summed E-state index contributed by atoms with van der Waals surface area (Å²) in [5.74, 6) is 0.274. The third-order valence-electron chi connectivity index (χ3n) is 7.97. The van der Waals surface area contributed by atoms with Crippen molar-refractivity contribution in [2.75, 3.05) is 5.32 Å². The second-order valence-corrected chi connectivity index (χ2v) is 11.7. The molecule has 9 heteroatoms. The number of hydrogen-bond acceptors (Lipinski definition) is 3. The summed E-state index contributed by atoms with van der Waals surface area (Å²) in [6.45, 7) is 2.62. The lowest BCUT2D eigenvalue weighted by molar-refractivity contribution is 0.102. The topological polar surface area (TPSA) is 80.5 Å². The van der Waals surface area contributed by atoms with Gasteiger partial charge < -0.3 is 14.9 Å². The van der Waals surface area contributed by atoms with Gasteiger partial charge >= 0.3 is 0 Å². The molecule has 222 valence electrons. The van der Waals surface area contributed by atoms with Crippen LogP contribution in [-0.2, 0) is 6.54 Å². The Labute approximate surface area is 270 Å². The quantitative estimate of drug-likeness (QED) is 0.176. The van der Waals surface area contributed by atoms with E-state index in [-0.39, 0.29) is 11.9 Å². The van der Waals surface area contributed by atoms with Gasteiger partial charge in [0, 0.05) is 38.1 Å². The van der Waals surface area contributed by atoms with Gasteiger partial charge in [0.15, 0.2) is 0 Å². The zero-order valence-electron chi connectivity index (χ0n) is 24.3. The maximum Gasteiger partial charge on any atom is 0.273 e. The number of halogens is 2. The minimum absolute atomic E-state index is 0.123. The number of carbonyl (C=O) groups is 1. The Morgan fingerprint density at radius 2 is 1.60 bits per heavy atom. The molecule has 2 N–H and O–H groups in total. The Hall–Kier alpha value is -5.11. The molecule has 0 saturated carbocycles. The van der Waals surface area contributed by atoms with Gasteiger partial charge in [-0.1, -0.05) is 102 Å². The average Bonchev–Trinajstić information content (AvgIpc) is 3.78. The van der Waals surface area contributed by atoms with Gasteiger partial charge in [-0.2, -0.15) is 5.10 Å². The fourth-order valence-corrected chi connectivity index (χ4v) is 6.00. The molecule has 3 heterocycles. The van der Waals surface area contributed by atoms with Crippen LogP contribution in [0, 0.1) is 0 Å². The monoisotopic (exact) mass is 630 g/mol. The van der Waals surface area contributed by atoms with E-state index in [2.05, 4.69) is 26.9 Å². The molecule has 1 unspecified atom stereocenters. The lowest BCUT2D eigenvalue weighted by Gasteiger charge is -2.19. The first kappa shape index (κ1) is 28.6. The van der Waals surface area contributed by atoms with Crippen LogP contribution >= 0.6 is 23.2 Å². The number of hydrogen-bond donors (Lipinski definition) is 2.